The van der Waals surface area contributed by atoms with Crippen molar-refractivity contribution in [1.82, 2.24) is 10.2 Å². The number of nitrogens with one attached hydrogen (secondary N) is 1. The summed E-state index contributed by atoms with van der Waals surface area (Å²) in [6, 6.07) is -0.736. The summed E-state index contributed by atoms with van der Waals surface area (Å²) in [5.74, 6) is -2.03. The van der Waals surface area contributed by atoms with Crippen LogP contribution in [0.3, 0.4) is 0 Å². The molecule has 4 heterocycles. The molecule has 0 aromatic heterocycles. The first-order chi connectivity index (χ1) is 23.6. The second-order valence-corrected chi connectivity index (χ2v) is 17.7. The van der Waals surface area contributed by atoms with Gasteiger partial charge in [0.1, 0.15) is 11.7 Å². The van der Waals surface area contributed by atoms with E-state index < -0.39 is 83.7 Å². The topological polar surface area (TPSA) is 148 Å². The van der Waals surface area contributed by atoms with Crippen LogP contribution >= 0.6 is 0 Å². The molecule has 1 amide bonds. The van der Waals surface area contributed by atoms with Gasteiger partial charge in [-0.15, -0.1) is 0 Å². The minimum atomic E-state index is -1.65. The molecule has 4 saturated heterocycles. The zero-order chi connectivity index (χ0) is 38.4. The first-order valence-corrected chi connectivity index (χ1v) is 19.5. The number of nitrogens with zero attached hydrogens (tertiary/aromatic N) is 1. The molecule has 4 fully saturated rings. The van der Waals surface area contributed by atoms with Gasteiger partial charge in [-0.25, -0.2) is 0 Å². The molecule has 0 spiro atoms. The van der Waals surface area contributed by atoms with Gasteiger partial charge in [-0.3, -0.25) is 9.69 Å². The van der Waals surface area contributed by atoms with E-state index in [1.807, 2.05) is 62.4 Å². The van der Waals surface area contributed by atoms with Crippen LogP contribution in [0.4, 0.5) is 0 Å². The van der Waals surface area contributed by atoms with E-state index in [0.717, 1.165) is 0 Å². The lowest BCUT2D eigenvalue weighted by Gasteiger charge is -2.48. The van der Waals surface area contributed by atoms with Crippen molar-refractivity contribution in [3.8, 4) is 0 Å². The highest BCUT2D eigenvalue weighted by Crippen LogP contribution is 2.47. The minimum absolute atomic E-state index is 0.0102. The Labute approximate surface area is 307 Å². The van der Waals surface area contributed by atoms with Gasteiger partial charge in [0.25, 0.3) is 0 Å². The zero-order valence-corrected chi connectivity index (χ0v) is 33.9. The molecule has 298 valence electrons. The molecule has 4 rings (SSSR count). The molecule has 51 heavy (non-hydrogen) atoms. The standard InChI is InChI=1S/C39H72N2O10/c1-15-28-39(12,45)33(43)24(7)31-21(4)17-38(11,51-31)34(50-36-30(42)27(16-22(5)48-36)41(13)20(2)3)25(8)32(26(9)35(44)40-28)49-29-19-37(10,46-14)18-23(6)47-29/h20-34,36,42-43,45H,15-19H2,1-14H3,(H,40,44)/t21-,22-,23+,24+,25+,26-,27+,28-,29+,30-,31-,32+,33-,34-,36+,37+,38-,39-/m1/s1. The molecule has 4 N–H and O–H groups in total. The van der Waals surface area contributed by atoms with Crippen LogP contribution < -0.4 is 5.32 Å². The fraction of sp³-hybridized carbons (Fsp3) is 0.974. The van der Waals surface area contributed by atoms with E-state index in [4.69, 9.17) is 28.4 Å². The maximum Gasteiger partial charge on any atom is 0.225 e. The summed E-state index contributed by atoms with van der Waals surface area (Å²) in [6.07, 6.45) is -3.23. The fourth-order valence-electron chi connectivity index (χ4n) is 9.66. The van der Waals surface area contributed by atoms with E-state index in [-0.39, 0.29) is 36.1 Å². The SMILES string of the molecule is CC[C@H]1NC(=O)[C@H](C)[C@@H](O[C@H]2C[C@@](C)(OC)C[C@H](C)O2)[C@H](C)[C@@H](O[C@@H]2O[C@H](C)C[C@H](N(C)C(C)C)[C@H]2O)[C@@]2(C)C[C@@H](C)[C@@H](O2)[C@H](C)[C@@H](O)[C@]1(C)O. The van der Waals surface area contributed by atoms with Crippen LogP contribution in [-0.2, 0) is 33.2 Å². The molecule has 0 saturated carbocycles. The van der Waals surface area contributed by atoms with Gasteiger partial charge in [0.15, 0.2) is 12.6 Å². The van der Waals surface area contributed by atoms with Gasteiger partial charge in [0.2, 0.25) is 5.91 Å². The Balaban J connectivity index is 1.83. The third-order valence-corrected chi connectivity index (χ3v) is 13.0. The largest absolute Gasteiger partial charge is 0.390 e. The van der Waals surface area contributed by atoms with Gasteiger partial charge < -0.3 is 49.1 Å². The number of hydrogen-bond donors (Lipinski definition) is 4. The molecular weight excluding hydrogens is 656 g/mol. The van der Waals surface area contributed by atoms with Crippen molar-refractivity contribution < 1.29 is 48.5 Å². The lowest BCUT2D eigenvalue weighted by molar-refractivity contribution is -0.312. The average Bonchev–Trinajstić information content (AvgIpc) is 3.37. The molecule has 12 nitrogen and oxygen atoms in total. The highest BCUT2D eigenvalue weighted by Gasteiger charge is 2.57. The number of rotatable bonds is 8. The van der Waals surface area contributed by atoms with Crippen LogP contribution in [0, 0.1) is 23.7 Å². The summed E-state index contributed by atoms with van der Waals surface area (Å²) in [5, 5.41) is 38.5. The van der Waals surface area contributed by atoms with Crippen LogP contribution in [0.1, 0.15) is 115 Å². The van der Waals surface area contributed by atoms with E-state index in [9.17, 15) is 20.1 Å². The van der Waals surface area contributed by atoms with Crippen molar-refractivity contribution in [2.45, 2.75) is 205 Å². The van der Waals surface area contributed by atoms with E-state index in [2.05, 4.69) is 31.0 Å². The van der Waals surface area contributed by atoms with Crippen LogP contribution in [0.5, 0.6) is 0 Å². The van der Waals surface area contributed by atoms with Crippen LogP contribution in [0.2, 0.25) is 0 Å². The number of hydrogen-bond acceptors (Lipinski definition) is 11. The maximum atomic E-state index is 14.3. The summed E-state index contributed by atoms with van der Waals surface area (Å²) < 4.78 is 39.6. The van der Waals surface area contributed by atoms with Crippen LogP contribution in [-0.4, -0.2) is 131 Å². The summed E-state index contributed by atoms with van der Waals surface area (Å²) in [7, 11) is 3.70. The molecule has 0 aromatic rings. The van der Waals surface area contributed by atoms with Crippen molar-refractivity contribution >= 4 is 5.91 Å². The molecule has 12 heteroatoms. The van der Waals surface area contributed by atoms with Gasteiger partial charge >= 0.3 is 0 Å². The first kappa shape index (κ1) is 42.8. The van der Waals surface area contributed by atoms with E-state index in [1.54, 1.807) is 14.0 Å². The van der Waals surface area contributed by atoms with E-state index >= 15 is 0 Å². The molecule has 0 aliphatic carbocycles. The first-order valence-electron chi connectivity index (χ1n) is 19.5. The molecule has 18 atom stereocenters. The average molecular weight is 729 g/mol. The quantitative estimate of drug-likeness (QED) is 0.288. The van der Waals surface area contributed by atoms with E-state index in [0.29, 0.717) is 32.1 Å². The number of ether oxygens (including phenoxy) is 6. The number of carbonyl (C=O) groups is 1. The lowest BCUT2D eigenvalue weighted by Crippen LogP contribution is -2.61. The highest BCUT2D eigenvalue weighted by atomic mass is 16.7. The lowest BCUT2D eigenvalue weighted by atomic mass is 9.75. The maximum absolute atomic E-state index is 14.3. The van der Waals surface area contributed by atoms with Crippen molar-refractivity contribution in [3.63, 3.8) is 0 Å². The molecule has 0 aromatic carbocycles. The highest BCUT2D eigenvalue weighted by molar-refractivity contribution is 5.79. The van der Waals surface area contributed by atoms with Crippen LogP contribution in [0.15, 0.2) is 0 Å². The summed E-state index contributed by atoms with van der Waals surface area (Å²) >= 11 is 0. The third-order valence-electron chi connectivity index (χ3n) is 13.0. The number of aliphatic hydroxyl groups excluding tert-OH is 2. The number of likely N-dealkylation sites (N-methyl/N-ethyl adjacent to an activating group) is 1. The van der Waals surface area contributed by atoms with Crippen molar-refractivity contribution in [2.75, 3.05) is 14.2 Å². The summed E-state index contributed by atoms with van der Waals surface area (Å²) in [5.41, 5.74) is -3.07. The minimum Gasteiger partial charge on any atom is -0.390 e. The van der Waals surface area contributed by atoms with E-state index in [1.165, 1.54) is 0 Å². The Kier molecular flexibility index (Phi) is 13.8. The summed E-state index contributed by atoms with van der Waals surface area (Å²) in [4.78, 5) is 16.4. The number of methoxy groups -OCH3 is 1. The third kappa shape index (κ3) is 8.97. The fourth-order valence-corrected chi connectivity index (χ4v) is 9.66. The molecule has 0 unspecified atom stereocenters. The normalized spacial score (nSPS) is 50.4. The van der Waals surface area contributed by atoms with Crippen LogP contribution in [0.25, 0.3) is 0 Å². The predicted molar refractivity (Wildman–Crippen MR) is 194 cm³/mol. The number of aliphatic hydroxyl groups is 3. The van der Waals surface area contributed by atoms with Gasteiger partial charge in [-0.05, 0) is 80.7 Å². The van der Waals surface area contributed by atoms with Gasteiger partial charge in [0.05, 0.1) is 59.8 Å². The number of carbonyl (C=O) groups excluding carboxylic acids is 1. The van der Waals surface area contributed by atoms with Crippen molar-refractivity contribution in [3.05, 3.63) is 0 Å². The molecule has 4 aliphatic rings. The van der Waals surface area contributed by atoms with Gasteiger partial charge in [-0.1, -0.05) is 34.6 Å². The molecule has 0 radical (unpaired) electrons. The zero-order valence-electron chi connectivity index (χ0n) is 33.9. The van der Waals surface area contributed by atoms with Crippen molar-refractivity contribution in [2.24, 2.45) is 23.7 Å². The second-order valence-electron chi connectivity index (χ2n) is 17.7. The smallest absolute Gasteiger partial charge is 0.225 e. The Morgan fingerprint density at radius 1 is 0.961 bits per heavy atom. The Bertz CT molecular complexity index is 1160. The number of fused-ring (bicyclic) bond motifs is 2. The Morgan fingerprint density at radius 3 is 2.20 bits per heavy atom. The summed E-state index contributed by atoms with van der Waals surface area (Å²) in [6.45, 7) is 23.5. The van der Waals surface area contributed by atoms with Crippen molar-refractivity contribution in [1.29, 1.82) is 0 Å². The van der Waals surface area contributed by atoms with Gasteiger partial charge in [-0.2, -0.15) is 0 Å². The predicted octanol–water partition coefficient (Wildman–Crippen LogP) is 4.00. The molecular formula is C39H72N2O10. The number of amides is 1. The Morgan fingerprint density at radius 2 is 1.61 bits per heavy atom. The monoisotopic (exact) mass is 729 g/mol. The molecule has 2 bridgehead atoms. The second kappa shape index (κ2) is 16.4. The molecule has 4 aliphatic heterocycles. The Hall–Kier alpha value is -0.930. The van der Waals surface area contributed by atoms with Gasteiger partial charge in [0, 0.05) is 43.9 Å².